The molecule has 0 bridgehead atoms. The number of benzene rings is 2. The van der Waals surface area contributed by atoms with E-state index in [1.54, 1.807) is 18.2 Å². The van der Waals surface area contributed by atoms with Gasteiger partial charge in [0.2, 0.25) is 0 Å². The molecule has 0 amide bonds. The molecule has 0 fully saturated rings. The van der Waals surface area contributed by atoms with Crippen LogP contribution in [0.3, 0.4) is 0 Å². The molecular formula is C18H21NO2. The van der Waals surface area contributed by atoms with Gasteiger partial charge >= 0.3 is 0 Å². The van der Waals surface area contributed by atoms with Crippen LogP contribution in [-0.4, -0.2) is 5.78 Å². The minimum Gasteiger partial charge on any atom is -0.457 e. The van der Waals surface area contributed by atoms with Crippen molar-refractivity contribution < 1.29 is 9.53 Å². The monoisotopic (exact) mass is 283 g/mol. The summed E-state index contributed by atoms with van der Waals surface area (Å²) in [5, 5.41) is 0. The van der Waals surface area contributed by atoms with Gasteiger partial charge in [-0.3, -0.25) is 4.79 Å². The first-order valence-electron chi connectivity index (χ1n) is 6.96. The Bertz CT molecular complexity index is 652. The third-order valence-corrected chi connectivity index (χ3v) is 3.36. The van der Waals surface area contributed by atoms with Crippen molar-refractivity contribution in [2.45, 2.75) is 33.1 Å². The van der Waals surface area contributed by atoms with Gasteiger partial charge in [0.15, 0.2) is 5.78 Å². The minimum absolute atomic E-state index is 0.0685. The molecule has 0 spiro atoms. The Morgan fingerprint density at radius 2 is 1.57 bits per heavy atom. The smallest absolute Gasteiger partial charge is 0.162 e. The van der Waals surface area contributed by atoms with Crippen LogP contribution in [0.15, 0.2) is 42.5 Å². The minimum atomic E-state index is -0.0685. The zero-order valence-corrected chi connectivity index (χ0v) is 12.9. The fourth-order valence-corrected chi connectivity index (χ4v) is 2.06. The summed E-state index contributed by atoms with van der Waals surface area (Å²) in [6, 6.07) is 13.1. The summed E-state index contributed by atoms with van der Waals surface area (Å²) in [5.41, 5.74) is 8.09. The molecule has 2 rings (SSSR count). The Hall–Kier alpha value is -2.29. The molecule has 0 aliphatic heterocycles. The van der Waals surface area contributed by atoms with Crippen molar-refractivity contribution in [1.29, 1.82) is 0 Å². The van der Waals surface area contributed by atoms with Gasteiger partial charge in [0.25, 0.3) is 0 Å². The van der Waals surface area contributed by atoms with Gasteiger partial charge in [-0.15, -0.1) is 0 Å². The highest BCUT2D eigenvalue weighted by atomic mass is 16.5. The van der Waals surface area contributed by atoms with E-state index in [0.717, 1.165) is 5.75 Å². The van der Waals surface area contributed by atoms with E-state index >= 15 is 0 Å². The van der Waals surface area contributed by atoms with E-state index in [9.17, 15) is 4.79 Å². The SMILES string of the molecule is CC(=O)c1cc(Oc2ccc(C(C)(C)C)cc2)ccc1N. The first-order chi connectivity index (χ1) is 9.77. The highest BCUT2D eigenvalue weighted by Gasteiger charge is 2.13. The fourth-order valence-electron chi connectivity index (χ4n) is 2.06. The summed E-state index contributed by atoms with van der Waals surface area (Å²) >= 11 is 0. The van der Waals surface area contributed by atoms with Crippen LogP contribution in [0, 0.1) is 0 Å². The molecule has 3 nitrogen and oxygen atoms in total. The second-order valence-corrected chi connectivity index (χ2v) is 6.18. The zero-order valence-electron chi connectivity index (χ0n) is 12.9. The van der Waals surface area contributed by atoms with Gasteiger partial charge in [0, 0.05) is 11.3 Å². The van der Waals surface area contributed by atoms with Crippen molar-refractivity contribution in [1.82, 2.24) is 0 Å². The Balaban J connectivity index is 2.22. The Labute approximate surface area is 125 Å². The summed E-state index contributed by atoms with van der Waals surface area (Å²) in [5.74, 6) is 1.28. The van der Waals surface area contributed by atoms with Crippen LogP contribution in [0.2, 0.25) is 0 Å². The van der Waals surface area contributed by atoms with Crippen LogP contribution in [0.1, 0.15) is 43.6 Å². The van der Waals surface area contributed by atoms with Crippen molar-refractivity contribution in [3.63, 3.8) is 0 Å². The van der Waals surface area contributed by atoms with Gasteiger partial charge in [-0.2, -0.15) is 0 Å². The number of ketones is 1. The molecule has 0 unspecified atom stereocenters. The van der Waals surface area contributed by atoms with E-state index in [1.807, 2.05) is 12.1 Å². The fraction of sp³-hybridized carbons (Fsp3) is 0.278. The lowest BCUT2D eigenvalue weighted by molar-refractivity contribution is 0.101. The Morgan fingerprint density at radius 3 is 2.10 bits per heavy atom. The number of carbonyl (C=O) groups is 1. The van der Waals surface area contributed by atoms with E-state index in [1.165, 1.54) is 12.5 Å². The molecule has 0 aromatic heterocycles. The third kappa shape index (κ3) is 3.63. The lowest BCUT2D eigenvalue weighted by Gasteiger charge is -2.19. The number of carbonyl (C=O) groups excluding carboxylic acids is 1. The second-order valence-electron chi connectivity index (χ2n) is 6.18. The molecule has 2 aromatic carbocycles. The second kappa shape index (κ2) is 5.60. The van der Waals surface area contributed by atoms with E-state index in [0.29, 0.717) is 17.0 Å². The van der Waals surface area contributed by atoms with Gasteiger partial charge in [0.05, 0.1) is 0 Å². The van der Waals surface area contributed by atoms with Crippen LogP contribution in [0.25, 0.3) is 0 Å². The van der Waals surface area contributed by atoms with Crippen LogP contribution in [0.4, 0.5) is 5.69 Å². The van der Waals surface area contributed by atoms with Crippen molar-refractivity contribution in [2.75, 3.05) is 5.73 Å². The molecule has 0 heterocycles. The molecule has 2 N–H and O–H groups in total. The van der Waals surface area contributed by atoms with Crippen molar-refractivity contribution in [3.8, 4) is 11.5 Å². The highest BCUT2D eigenvalue weighted by molar-refractivity contribution is 5.99. The van der Waals surface area contributed by atoms with Gasteiger partial charge < -0.3 is 10.5 Å². The maximum Gasteiger partial charge on any atom is 0.162 e. The first kappa shape index (κ1) is 15.1. The maximum atomic E-state index is 11.5. The molecule has 0 radical (unpaired) electrons. The standard InChI is InChI=1S/C18H21NO2/c1-12(20)16-11-15(9-10-17(16)19)21-14-7-5-13(6-8-14)18(2,3)4/h5-11H,19H2,1-4H3. The number of Topliss-reactive ketones (excluding diaryl/α,β-unsaturated/α-hetero) is 1. The number of nitrogen functional groups attached to an aromatic ring is 1. The molecule has 0 saturated heterocycles. The molecule has 0 aliphatic rings. The van der Waals surface area contributed by atoms with Gasteiger partial charge in [-0.05, 0) is 48.2 Å². The van der Waals surface area contributed by atoms with Crippen molar-refractivity contribution >= 4 is 11.5 Å². The number of nitrogens with two attached hydrogens (primary N) is 1. The summed E-state index contributed by atoms with van der Waals surface area (Å²) in [6.45, 7) is 8.00. The van der Waals surface area contributed by atoms with Crippen LogP contribution in [-0.2, 0) is 5.41 Å². The molecule has 0 atom stereocenters. The normalized spacial score (nSPS) is 11.2. The molecule has 3 heteroatoms. The van der Waals surface area contributed by atoms with E-state index in [-0.39, 0.29) is 11.2 Å². The summed E-state index contributed by atoms with van der Waals surface area (Å²) < 4.78 is 5.78. The summed E-state index contributed by atoms with van der Waals surface area (Å²) in [7, 11) is 0. The molecule has 110 valence electrons. The number of rotatable bonds is 3. The van der Waals surface area contributed by atoms with Crippen molar-refractivity contribution in [3.05, 3.63) is 53.6 Å². The Kier molecular flexibility index (Phi) is 4.03. The van der Waals surface area contributed by atoms with Crippen molar-refractivity contribution in [2.24, 2.45) is 0 Å². The molecular weight excluding hydrogens is 262 g/mol. The zero-order chi connectivity index (χ0) is 15.6. The Morgan fingerprint density at radius 1 is 1.00 bits per heavy atom. The lowest BCUT2D eigenvalue weighted by Crippen LogP contribution is -2.10. The highest BCUT2D eigenvalue weighted by Crippen LogP contribution is 2.28. The van der Waals surface area contributed by atoms with E-state index in [4.69, 9.17) is 10.5 Å². The van der Waals surface area contributed by atoms with Crippen LogP contribution >= 0.6 is 0 Å². The maximum absolute atomic E-state index is 11.5. The molecule has 2 aromatic rings. The lowest BCUT2D eigenvalue weighted by atomic mass is 9.87. The van der Waals surface area contributed by atoms with Gasteiger partial charge in [-0.1, -0.05) is 32.9 Å². The number of anilines is 1. The van der Waals surface area contributed by atoms with Crippen LogP contribution in [0.5, 0.6) is 11.5 Å². The number of ether oxygens (including phenoxy) is 1. The van der Waals surface area contributed by atoms with E-state index in [2.05, 4.69) is 32.9 Å². The average Bonchev–Trinajstić information content (AvgIpc) is 2.40. The average molecular weight is 283 g/mol. The topological polar surface area (TPSA) is 52.3 Å². The summed E-state index contributed by atoms with van der Waals surface area (Å²) in [4.78, 5) is 11.5. The first-order valence-corrected chi connectivity index (χ1v) is 6.96. The molecule has 21 heavy (non-hydrogen) atoms. The largest absolute Gasteiger partial charge is 0.457 e. The quantitative estimate of drug-likeness (QED) is 0.663. The third-order valence-electron chi connectivity index (χ3n) is 3.36. The van der Waals surface area contributed by atoms with Gasteiger partial charge in [-0.25, -0.2) is 0 Å². The summed E-state index contributed by atoms with van der Waals surface area (Å²) in [6.07, 6.45) is 0. The molecule has 0 saturated carbocycles. The van der Waals surface area contributed by atoms with Gasteiger partial charge in [0.1, 0.15) is 11.5 Å². The predicted molar refractivity (Wildman–Crippen MR) is 86.1 cm³/mol. The number of hydrogen-bond acceptors (Lipinski definition) is 3. The van der Waals surface area contributed by atoms with E-state index < -0.39 is 0 Å². The molecule has 0 aliphatic carbocycles. The van der Waals surface area contributed by atoms with Crippen LogP contribution < -0.4 is 10.5 Å². The predicted octanol–water partition coefficient (Wildman–Crippen LogP) is 4.56. The number of hydrogen-bond donors (Lipinski definition) is 1.